The molecule has 5 nitrogen and oxygen atoms in total. The molecular formula is C8H8N4O. The van der Waals surface area contributed by atoms with E-state index in [1.807, 2.05) is 0 Å². The first-order chi connectivity index (χ1) is 6.15. The fourth-order valence-corrected chi connectivity index (χ4v) is 0.969. The Morgan fingerprint density at radius 2 is 2.31 bits per heavy atom. The van der Waals surface area contributed by atoms with Crippen molar-refractivity contribution in [3.8, 4) is 0 Å². The summed E-state index contributed by atoms with van der Waals surface area (Å²) in [6.07, 6.45) is 0. The van der Waals surface area contributed by atoms with Crippen molar-refractivity contribution >= 4 is 11.6 Å². The van der Waals surface area contributed by atoms with Gasteiger partial charge in [0.15, 0.2) is 0 Å². The first-order valence-electron chi connectivity index (χ1n) is 3.60. The highest BCUT2D eigenvalue weighted by molar-refractivity contribution is 5.93. The van der Waals surface area contributed by atoms with Crippen LogP contribution in [0.4, 0.5) is 5.69 Å². The van der Waals surface area contributed by atoms with Crippen LogP contribution in [0, 0.1) is 6.92 Å². The minimum Gasteiger partial charge on any atom is -0.366 e. The monoisotopic (exact) mass is 176 g/mol. The van der Waals surface area contributed by atoms with E-state index in [1.165, 1.54) is 6.07 Å². The lowest BCUT2D eigenvalue weighted by Crippen LogP contribution is -2.10. The van der Waals surface area contributed by atoms with Crippen molar-refractivity contribution in [2.45, 2.75) is 6.92 Å². The largest absolute Gasteiger partial charge is 0.366 e. The highest BCUT2D eigenvalue weighted by Crippen LogP contribution is 2.19. The van der Waals surface area contributed by atoms with Crippen LogP contribution in [-0.4, -0.2) is 5.91 Å². The second kappa shape index (κ2) is 3.60. The van der Waals surface area contributed by atoms with E-state index in [1.54, 1.807) is 19.1 Å². The van der Waals surface area contributed by atoms with Crippen LogP contribution < -0.4 is 5.73 Å². The number of hydrogen-bond donors (Lipinski definition) is 1. The number of benzene rings is 1. The number of primary amides is 1. The molecule has 0 saturated carbocycles. The first kappa shape index (κ1) is 9.09. The summed E-state index contributed by atoms with van der Waals surface area (Å²) in [5, 5.41) is 3.44. The molecule has 2 N–H and O–H groups in total. The zero-order valence-corrected chi connectivity index (χ0v) is 7.06. The number of azide groups is 1. The number of nitrogens with two attached hydrogens (primary N) is 1. The van der Waals surface area contributed by atoms with Gasteiger partial charge in [0.05, 0.1) is 0 Å². The highest BCUT2D eigenvalue weighted by atomic mass is 16.1. The van der Waals surface area contributed by atoms with Crippen LogP contribution in [0.15, 0.2) is 23.3 Å². The van der Waals surface area contributed by atoms with Crippen LogP contribution in [0.1, 0.15) is 15.9 Å². The maximum Gasteiger partial charge on any atom is 0.248 e. The van der Waals surface area contributed by atoms with Gasteiger partial charge in [0, 0.05) is 16.2 Å². The van der Waals surface area contributed by atoms with E-state index in [2.05, 4.69) is 10.0 Å². The van der Waals surface area contributed by atoms with Crippen molar-refractivity contribution in [3.05, 3.63) is 39.8 Å². The molecule has 1 rings (SSSR count). The number of rotatable bonds is 2. The first-order valence-corrected chi connectivity index (χ1v) is 3.60. The molecule has 0 aliphatic rings. The molecule has 0 atom stereocenters. The maximum atomic E-state index is 10.7. The molecule has 0 saturated heterocycles. The molecule has 5 heteroatoms. The third kappa shape index (κ3) is 1.98. The molecule has 0 aliphatic heterocycles. The van der Waals surface area contributed by atoms with Crippen molar-refractivity contribution in [1.29, 1.82) is 0 Å². The Hall–Kier alpha value is -2.00. The van der Waals surface area contributed by atoms with Crippen LogP contribution in [-0.2, 0) is 0 Å². The van der Waals surface area contributed by atoms with E-state index >= 15 is 0 Å². The summed E-state index contributed by atoms with van der Waals surface area (Å²) in [7, 11) is 0. The van der Waals surface area contributed by atoms with Gasteiger partial charge in [-0.1, -0.05) is 11.2 Å². The number of amides is 1. The Morgan fingerprint density at radius 1 is 1.62 bits per heavy atom. The van der Waals surface area contributed by atoms with Crippen LogP contribution >= 0.6 is 0 Å². The molecule has 0 fully saturated rings. The number of aryl methyl sites for hydroxylation is 1. The quantitative estimate of drug-likeness (QED) is 0.416. The summed E-state index contributed by atoms with van der Waals surface area (Å²) >= 11 is 0. The van der Waals surface area contributed by atoms with Gasteiger partial charge in [-0.15, -0.1) is 0 Å². The van der Waals surface area contributed by atoms with Gasteiger partial charge in [-0.25, -0.2) is 0 Å². The van der Waals surface area contributed by atoms with Gasteiger partial charge in [0.2, 0.25) is 5.91 Å². The molecule has 0 aromatic heterocycles. The summed E-state index contributed by atoms with van der Waals surface area (Å²) in [6, 6.07) is 4.68. The Labute approximate surface area is 74.8 Å². The SMILES string of the molecule is Cc1cc(C(N)=O)ccc1N=[N+]=[N-]. The highest BCUT2D eigenvalue weighted by Gasteiger charge is 2.01. The molecule has 0 bridgehead atoms. The molecular weight excluding hydrogens is 168 g/mol. The number of carbonyl (C=O) groups is 1. The van der Waals surface area contributed by atoms with E-state index in [-0.39, 0.29) is 0 Å². The summed E-state index contributed by atoms with van der Waals surface area (Å²) in [6.45, 7) is 1.75. The van der Waals surface area contributed by atoms with E-state index in [9.17, 15) is 4.79 Å². The second-order valence-electron chi connectivity index (χ2n) is 2.55. The van der Waals surface area contributed by atoms with E-state index in [4.69, 9.17) is 11.3 Å². The van der Waals surface area contributed by atoms with Crippen molar-refractivity contribution < 1.29 is 4.79 Å². The average Bonchev–Trinajstić information content (AvgIpc) is 2.08. The molecule has 13 heavy (non-hydrogen) atoms. The Balaban J connectivity index is 3.19. The van der Waals surface area contributed by atoms with Crippen LogP contribution in [0.5, 0.6) is 0 Å². The van der Waals surface area contributed by atoms with Gasteiger partial charge < -0.3 is 5.73 Å². The lowest BCUT2D eigenvalue weighted by Gasteiger charge is -2.00. The van der Waals surface area contributed by atoms with Gasteiger partial charge in [0.25, 0.3) is 0 Å². The fraction of sp³-hybridized carbons (Fsp3) is 0.125. The van der Waals surface area contributed by atoms with E-state index in [0.29, 0.717) is 11.3 Å². The zero-order valence-electron chi connectivity index (χ0n) is 7.06. The standard InChI is InChI=1S/C8H8N4O/c1-5-4-6(8(9)13)2-3-7(5)11-12-10/h2-4H,1H3,(H2,9,13). The van der Waals surface area contributed by atoms with Crippen molar-refractivity contribution in [3.63, 3.8) is 0 Å². The van der Waals surface area contributed by atoms with Gasteiger partial charge in [-0.2, -0.15) is 0 Å². The predicted molar refractivity (Wildman–Crippen MR) is 48.5 cm³/mol. The fourth-order valence-electron chi connectivity index (χ4n) is 0.969. The van der Waals surface area contributed by atoms with E-state index in [0.717, 1.165) is 5.56 Å². The molecule has 1 aromatic carbocycles. The summed E-state index contributed by atoms with van der Waals surface area (Å²) in [4.78, 5) is 13.4. The third-order valence-electron chi connectivity index (χ3n) is 1.63. The smallest absolute Gasteiger partial charge is 0.248 e. The Bertz CT molecular complexity index is 393. The van der Waals surface area contributed by atoms with Crippen LogP contribution in [0.2, 0.25) is 0 Å². The molecule has 0 radical (unpaired) electrons. The van der Waals surface area contributed by atoms with Gasteiger partial charge in [-0.05, 0) is 30.2 Å². The summed E-state index contributed by atoms with van der Waals surface area (Å²) in [5.41, 5.74) is 14.9. The van der Waals surface area contributed by atoms with Gasteiger partial charge in [0.1, 0.15) is 0 Å². The molecule has 0 unspecified atom stereocenters. The molecule has 66 valence electrons. The summed E-state index contributed by atoms with van der Waals surface area (Å²) in [5.74, 6) is -0.490. The molecule has 0 aliphatic carbocycles. The lowest BCUT2D eigenvalue weighted by molar-refractivity contribution is 0.100. The topological polar surface area (TPSA) is 91.9 Å². The third-order valence-corrected chi connectivity index (χ3v) is 1.63. The normalized spacial score (nSPS) is 9.00. The van der Waals surface area contributed by atoms with Crippen molar-refractivity contribution in [2.24, 2.45) is 10.8 Å². The molecule has 0 heterocycles. The van der Waals surface area contributed by atoms with Crippen molar-refractivity contribution in [1.82, 2.24) is 0 Å². The van der Waals surface area contributed by atoms with Crippen LogP contribution in [0.3, 0.4) is 0 Å². The zero-order chi connectivity index (χ0) is 9.84. The second-order valence-corrected chi connectivity index (χ2v) is 2.55. The molecule has 0 spiro atoms. The summed E-state index contributed by atoms with van der Waals surface area (Å²) < 4.78 is 0. The van der Waals surface area contributed by atoms with E-state index < -0.39 is 5.91 Å². The van der Waals surface area contributed by atoms with Gasteiger partial charge >= 0.3 is 0 Å². The number of nitrogens with zero attached hydrogens (tertiary/aromatic N) is 3. The molecule has 1 aromatic rings. The number of hydrogen-bond acceptors (Lipinski definition) is 2. The minimum atomic E-state index is -0.490. The average molecular weight is 176 g/mol. The lowest BCUT2D eigenvalue weighted by atomic mass is 10.1. The van der Waals surface area contributed by atoms with Crippen molar-refractivity contribution in [2.75, 3.05) is 0 Å². The number of carbonyl (C=O) groups excluding carboxylic acids is 1. The minimum absolute atomic E-state index is 0.411. The molecule has 1 amide bonds. The Kier molecular flexibility index (Phi) is 2.52. The van der Waals surface area contributed by atoms with Gasteiger partial charge in [-0.3, -0.25) is 4.79 Å². The van der Waals surface area contributed by atoms with Crippen LogP contribution in [0.25, 0.3) is 10.4 Å². The predicted octanol–water partition coefficient (Wildman–Crippen LogP) is 2.04. The Morgan fingerprint density at radius 3 is 2.77 bits per heavy atom. The maximum absolute atomic E-state index is 10.7.